The Bertz CT molecular complexity index is 2010. The lowest BCUT2D eigenvalue weighted by atomic mass is 9.72. The number of hydrogen-bond donors (Lipinski definition) is 0. The van der Waals surface area contributed by atoms with Gasteiger partial charge in [0, 0.05) is 12.5 Å². The molecule has 8 rings (SSSR count). The molecule has 7 atom stereocenters. The molecule has 7 unspecified atom stereocenters. The first-order valence-corrected chi connectivity index (χ1v) is 23.6. The lowest BCUT2D eigenvalue weighted by molar-refractivity contribution is 0.0235. The summed E-state index contributed by atoms with van der Waals surface area (Å²) in [4.78, 5) is 0. The number of benzene rings is 4. The van der Waals surface area contributed by atoms with E-state index in [9.17, 15) is 4.39 Å². The molecule has 0 aliphatic heterocycles. The van der Waals surface area contributed by atoms with Gasteiger partial charge in [0.05, 0.1) is 6.10 Å². The molecule has 328 valence electrons. The molecule has 0 radical (unpaired) electrons. The van der Waals surface area contributed by atoms with Crippen LogP contribution >= 0.6 is 0 Å². The van der Waals surface area contributed by atoms with Crippen LogP contribution in [-0.4, -0.2) is 12.7 Å². The molecule has 4 aliphatic rings. The number of hydrogen-bond acceptors (Lipinski definition) is 1. The van der Waals surface area contributed by atoms with Gasteiger partial charge in [-0.15, -0.1) is 0 Å². The van der Waals surface area contributed by atoms with Crippen LogP contribution in [0, 0.1) is 46.2 Å². The van der Waals surface area contributed by atoms with Gasteiger partial charge in [-0.1, -0.05) is 182 Å². The van der Waals surface area contributed by atoms with E-state index in [1.54, 1.807) is 28.3 Å². The molecule has 4 aliphatic carbocycles. The van der Waals surface area contributed by atoms with E-state index in [1.165, 1.54) is 41.5 Å². The number of ether oxygens (including phenoxy) is 1. The molecule has 4 aromatic rings. The molecule has 0 amide bonds. The normalized spacial score (nSPS) is 24.1. The summed E-state index contributed by atoms with van der Waals surface area (Å²) in [6, 6.07) is 30.3. The molecule has 0 bridgehead atoms. The van der Waals surface area contributed by atoms with Crippen molar-refractivity contribution < 1.29 is 9.13 Å². The number of halogens is 1. The zero-order valence-corrected chi connectivity index (χ0v) is 40.9. The molecule has 0 saturated heterocycles. The minimum atomic E-state index is -0.00646. The molecule has 1 nitrogen and oxygen atoms in total. The standard InChI is InChI=1S/C15H22O.C15H22.C14H19F.C14H20/c1-5-16-13-10-11-8-6-7-9-12(11)14(13)15(2,3)4;1-5-11-10-12-8-6-7-9-13(12)14(11)15(2,3)4;1-9-5-8-12(15)13-10(9)6-7-11(13)14(2,3)4;1-10-9-11-7-5-6-8-12(11)13(10)14(2,3)4/h6-9,13-14H,5,10H2,1-4H3;6-9,11,14H,5,10H2,1-4H3;5,8,11H,6-7H2,1-4H3;5-8,10,13H,9H2,1-4H3. The Morgan fingerprint density at radius 3 is 1.52 bits per heavy atom. The van der Waals surface area contributed by atoms with Crippen molar-refractivity contribution in [3.05, 3.63) is 141 Å². The Balaban J connectivity index is 0.000000152. The fourth-order valence-corrected chi connectivity index (χ4v) is 12.1. The van der Waals surface area contributed by atoms with Crippen LogP contribution in [0.4, 0.5) is 4.39 Å². The average Bonchev–Trinajstić information content (AvgIpc) is 3.94. The van der Waals surface area contributed by atoms with Crippen molar-refractivity contribution in [2.45, 2.75) is 179 Å². The van der Waals surface area contributed by atoms with E-state index in [-0.39, 0.29) is 16.6 Å². The molecule has 0 saturated carbocycles. The fraction of sp³-hybridized carbons (Fsp3) is 0.586. The first-order valence-electron chi connectivity index (χ1n) is 23.6. The van der Waals surface area contributed by atoms with Crippen LogP contribution in [0.5, 0.6) is 0 Å². The van der Waals surface area contributed by atoms with E-state index >= 15 is 0 Å². The van der Waals surface area contributed by atoms with Crippen LogP contribution in [0.2, 0.25) is 0 Å². The van der Waals surface area contributed by atoms with Crippen molar-refractivity contribution in [1.29, 1.82) is 0 Å². The molecule has 4 aromatic carbocycles. The number of fused-ring (bicyclic) bond motifs is 4. The molecule has 0 aromatic heterocycles. The van der Waals surface area contributed by atoms with E-state index in [4.69, 9.17) is 4.74 Å². The minimum absolute atomic E-state index is 0.00646. The summed E-state index contributed by atoms with van der Waals surface area (Å²) in [6.45, 7) is 37.4. The van der Waals surface area contributed by atoms with Crippen molar-refractivity contribution in [3.8, 4) is 0 Å². The highest BCUT2D eigenvalue weighted by Crippen LogP contribution is 2.51. The number of aryl methyl sites for hydroxylation is 1. The zero-order valence-electron chi connectivity index (χ0n) is 40.9. The molecular weight excluding hydrogens is 732 g/mol. The second kappa shape index (κ2) is 19.0. The lowest BCUT2D eigenvalue weighted by Gasteiger charge is -2.32. The largest absolute Gasteiger partial charge is 0.378 e. The van der Waals surface area contributed by atoms with Crippen LogP contribution in [-0.2, 0) is 30.4 Å². The highest BCUT2D eigenvalue weighted by molar-refractivity contribution is 5.43. The van der Waals surface area contributed by atoms with Crippen LogP contribution in [0.1, 0.15) is 190 Å². The molecule has 60 heavy (non-hydrogen) atoms. The Hall–Kier alpha value is -3.23. The topological polar surface area (TPSA) is 9.23 Å². The molecule has 0 N–H and O–H groups in total. The van der Waals surface area contributed by atoms with E-state index in [0.29, 0.717) is 28.8 Å². The van der Waals surface area contributed by atoms with Crippen LogP contribution in [0.25, 0.3) is 0 Å². The maximum atomic E-state index is 13.9. The van der Waals surface area contributed by atoms with Crippen LogP contribution < -0.4 is 0 Å². The Morgan fingerprint density at radius 2 is 1.03 bits per heavy atom. The first-order chi connectivity index (χ1) is 28.0. The third-order valence-corrected chi connectivity index (χ3v) is 14.3. The summed E-state index contributed by atoms with van der Waals surface area (Å²) in [6.07, 6.45) is 7.43. The van der Waals surface area contributed by atoms with E-state index in [1.807, 2.05) is 6.07 Å². The highest BCUT2D eigenvalue weighted by Gasteiger charge is 2.41. The van der Waals surface area contributed by atoms with Crippen molar-refractivity contribution >= 4 is 0 Å². The van der Waals surface area contributed by atoms with E-state index in [0.717, 1.165) is 55.1 Å². The van der Waals surface area contributed by atoms with Crippen molar-refractivity contribution in [2.75, 3.05) is 6.61 Å². The van der Waals surface area contributed by atoms with Gasteiger partial charge >= 0.3 is 0 Å². The third kappa shape index (κ3) is 10.9. The molecule has 0 fully saturated rings. The quantitative estimate of drug-likeness (QED) is 0.200. The SMILES string of the molecule is CC1Cc2ccccc2C1C(C)(C)C.CCC1Cc2ccccc2C1C(C)(C)C.CCOC1Cc2ccccc2C1C(C)(C)C.Cc1ccc(F)c2c1CCC2C(C)(C)C. The van der Waals surface area contributed by atoms with Gasteiger partial charge in [-0.05, 0) is 153 Å². The number of rotatable bonds is 3. The van der Waals surface area contributed by atoms with Crippen molar-refractivity contribution in [1.82, 2.24) is 0 Å². The summed E-state index contributed by atoms with van der Waals surface area (Å²) >= 11 is 0. The minimum Gasteiger partial charge on any atom is -0.378 e. The molecular formula is C58H83FO. The smallest absolute Gasteiger partial charge is 0.126 e. The first kappa shape index (κ1) is 47.8. The summed E-state index contributed by atoms with van der Waals surface area (Å²) in [5.74, 6) is 4.04. The van der Waals surface area contributed by atoms with Crippen LogP contribution in [0.15, 0.2) is 84.9 Å². The van der Waals surface area contributed by atoms with Crippen LogP contribution in [0.3, 0.4) is 0 Å². The van der Waals surface area contributed by atoms with E-state index in [2.05, 4.69) is 184 Å². The molecule has 2 heteroatoms. The van der Waals surface area contributed by atoms with E-state index < -0.39 is 0 Å². The summed E-state index contributed by atoms with van der Waals surface area (Å²) in [5.41, 5.74) is 14.0. The average molecular weight is 815 g/mol. The Kier molecular flexibility index (Phi) is 15.2. The highest BCUT2D eigenvalue weighted by atomic mass is 19.1. The Labute approximate surface area is 367 Å². The summed E-state index contributed by atoms with van der Waals surface area (Å²) in [5, 5.41) is 0. The van der Waals surface area contributed by atoms with Gasteiger partial charge in [-0.25, -0.2) is 4.39 Å². The van der Waals surface area contributed by atoms with Gasteiger partial charge in [0.2, 0.25) is 0 Å². The summed E-state index contributed by atoms with van der Waals surface area (Å²) in [7, 11) is 0. The van der Waals surface area contributed by atoms with Gasteiger partial charge in [0.25, 0.3) is 0 Å². The van der Waals surface area contributed by atoms with Gasteiger partial charge in [-0.2, -0.15) is 0 Å². The monoisotopic (exact) mass is 815 g/mol. The third-order valence-electron chi connectivity index (χ3n) is 14.3. The lowest BCUT2D eigenvalue weighted by Crippen LogP contribution is -2.29. The predicted molar refractivity (Wildman–Crippen MR) is 257 cm³/mol. The molecule has 0 heterocycles. The zero-order chi connectivity index (χ0) is 44.4. The maximum Gasteiger partial charge on any atom is 0.126 e. The maximum absolute atomic E-state index is 13.9. The van der Waals surface area contributed by atoms with Crippen molar-refractivity contribution in [3.63, 3.8) is 0 Å². The van der Waals surface area contributed by atoms with Gasteiger partial charge in [0.1, 0.15) is 5.82 Å². The second-order valence-electron chi connectivity index (χ2n) is 23.1. The van der Waals surface area contributed by atoms with Crippen molar-refractivity contribution in [2.24, 2.45) is 33.5 Å². The van der Waals surface area contributed by atoms with Gasteiger partial charge < -0.3 is 4.74 Å². The van der Waals surface area contributed by atoms with Gasteiger partial charge in [0.15, 0.2) is 0 Å². The Morgan fingerprint density at radius 1 is 0.567 bits per heavy atom. The predicted octanol–water partition coefficient (Wildman–Crippen LogP) is 16.4. The summed E-state index contributed by atoms with van der Waals surface area (Å²) < 4.78 is 19.8. The molecule has 0 spiro atoms. The second-order valence-corrected chi connectivity index (χ2v) is 23.1. The van der Waals surface area contributed by atoms with Gasteiger partial charge in [-0.3, -0.25) is 0 Å². The fourth-order valence-electron chi connectivity index (χ4n) is 12.1.